The molecule has 0 saturated heterocycles. The summed E-state index contributed by atoms with van der Waals surface area (Å²) in [6.07, 6.45) is 1.11. The molecule has 1 heterocycles. The number of thiophene rings is 1. The van der Waals surface area contributed by atoms with Crippen LogP contribution in [-0.2, 0) is 13.0 Å². The molecule has 0 aliphatic heterocycles. The first-order chi connectivity index (χ1) is 8.19. The molecule has 2 rings (SSSR count). The molecule has 0 amide bonds. The van der Waals surface area contributed by atoms with Crippen LogP contribution in [0.25, 0.3) is 0 Å². The highest BCUT2D eigenvalue weighted by Gasteiger charge is 2.02. The lowest BCUT2D eigenvalue weighted by molar-refractivity contribution is 1.18. The van der Waals surface area contributed by atoms with E-state index in [9.17, 15) is 0 Å². The van der Waals surface area contributed by atoms with Gasteiger partial charge in [-0.15, -0.1) is 11.3 Å². The summed E-state index contributed by atoms with van der Waals surface area (Å²) >= 11 is 10.1. The summed E-state index contributed by atoms with van der Waals surface area (Å²) in [5.74, 6) is 0. The second kappa shape index (κ2) is 6.07. The Morgan fingerprint density at radius 3 is 2.65 bits per heavy atom. The lowest BCUT2D eigenvalue weighted by atomic mass is 10.3. The zero-order chi connectivity index (χ0) is 12.3. The molecule has 0 spiro atoms. The molecule has 17 heavy (non-hydrogen) atoms. The van der Waals surface area contributed by atoms with E-state index in [1.807, 2.05) is 29.5 Å². The second-order valence-corrected chi connectivity index (χ2v) is 6.55. The van der Waals surface area contributed by atoms with E-state index in [2.05, 4.69) is 47.0 Å². The SMILES string of the molecule is CCc1ccc(CNc2ccc(Cl)cc2I)s1. The fraction of sp³-hybridized carbons (Fsp3) is 0.231. The molecule has 2 aromatic rings. The van der Waals surface area contributed by atoms with Gasteiger partial charge in [0.1, 0.15) is 0 Å². The van der Waals surface area contributed by atoms with E-state index < -0.39 is 0 Å². The minimum Gasteiger partial charge on any atom is -0.379 e. The summed E-state index contributed by atoms with van der Waals surface area (Å²) in [6, 6.07) is 10.3. The van der Waals surface area contributed by atoms with Crippen molar-refractivity contribution in [3.63, 3.8) is 0 Å². The molecule has 0 aliphatic carbocycles. The number of aryl methyl sites for hydroxylation is 1. The summed E-state index contributed by atoms with van der Waals surface area (Å²) in [4.78, 5) is 2.81. The Balaban J connectivity index is 2.02. The van der Waals surface area contributed by atoms with Gasteiger partial charge in [-0.2, -0.15) is 0 Å². The highest BCUT2D eigenvalue weighted by Crippen LogP contribution is 2.24. The molecule has 0 bridgehead atoms. The molecule has 0 atom stereocenters. The summed E-state index contributed by atoms with van der Waals surface area (Å²) < 4.78 is 1.15. The third kappa shape index (κ3) is 3.60. The highest BCUT2D eigenvalue weighted by molar-refractivity contribution is 14.1. The fourth-order valence-electron chi connectivity index (χ4n) is 1.52. The smallest absolute Gasteiger partial charge is 0.0494 e. The molecule has 4 heteroatoms. The second-order valence-electron chi connectivity index (χ2n) is 3.70. The number of rotatable bonds is 4. The lowest BCUT2D eigenvalue weighted by Crippen LogP contribution is -1.98. The maximum atomic E-state index is 5.93. The molecule has 0 radical (unpaired) electrons. The van der Waals surface area contributed by atoms with E-state index in [0.29, 0.717) is 0 Å². The van der Waals surface area contributed by atoms with E-state index in [-0.39, 0.29) is 0 Å². The first-order valence-corrected chi connectivity index (χ1v) is 7.73. The Labute approximate surface area is 124 Å². The van der Waals surface area contributed by atoms with Crippen molar-refractivity contribution >= 4 is 51.2 Å². The van der Waals surface area contributed by atoms with Crippen LogP contribution in [0.4, 0.5) is 5.69 Å². The first kappa shape index (κ1) is 13.2. The Morgan fingerprint density at radius 1 is 1.24 bits per heavy atom. The van der Waals surface area contributed by atoms with Crippen molar-refractivity contribution in [2.75, 3.05) is 5.32 Å². The minimum atomic E-state index is 0.782. The lowest BCUT2D eigenvalue weighted by Gasteiger charge is -2.07. The molecular formula is C13H13ClINS. The van der Waals surface area contributed by atoms with Crippen molar-refractivity contribution < 1.29 is 0 Å². The summed E-state index contributed by atoms with van der Waals surface area (Å²) in [6.45, 7) is 3.06. The van der Waals surface area contributed by atoms with Gasteiger partial charge >= 0.3 is 0 Å². The predicted octanol–water partition coefficient (Wildman–Crippen LogP) is 5.18. The van der Waals surface area contributed by atoms with E-state index in [4.69, 9.17) is 11.6 Å². The standard InChI is InChI=1S/C13H13ClINS/c1-2-10-4-5-11(17-10)8-16-13-6-3-9(14)7-12(13)15/h3-7,16H,2,8H2,1H3. The number of hydrogen-bond donors (Lipinski definition) is 1. The first-order valence-electron chi connectivity index (χ1n) is 5.45. The maximum Gasteiger partial charge on any atom is 0.0494 e. The van der Waals surface area contributed by atoms with Crippen LogP contribution in [0.2, 0.25) is 5.02 Å². The molecule has 0 fully saturated rings. The van der Waals surface area contributed by atoms with Crippen molar-refractivity contribution in [3.8, 4) is 0 Å². The molecule has 0 unspecified atom stereocenters. The molecule has 90 valence electrons. The number of halogens is 2. The number of benzene rings is 1. The van der Waals surface area contributed by atoms with Crippen LogP contribution in [0.1, 0.15) is 16.7 Å². The molecule has 1 aromatic heterocycles. The van der Waals surface area contributed by atoms with Gasteiger partial charge in [0.15, 0.2) is 0 Å². The van der Waals surface area contributed by atoms with Crippen LogP contribution in [0.5, 0.6) is 0 Å². The highest BCUT2D eigenvalue weighted by atomic mass is 127. The van der Waals surface area contributed by atoms with Gasteiger partial charge in [0.25, 0.3) is 0 Å². The summed E-state index contributed by atoms with van der Waals surface area (Å²) in [5, 5.41) is 4.22. The maximum absolute atomic E-state index is 5.93. The Morgan fingerprint density at radius 2 is 2.00 bits per heavy atom. The largest absolute Gasteiger partial charge is 0.379 e. The quantitative estimate of drug-likeness (QED) is 0.724. The predicted molar refractivity (Wildman–Crippen MR) is 85.2 cm³/mol. The van der Waals surface area contributed by atoms with Crippen molar-refractivity contribution in [2.45, 2.75) is 19.9 Å². The summed E-state index contributed by atoms with van der Waals surface area (Å²) in [7, 11) is 0. The Bertz CT molecular complexity index is 510. The number of hydrogen-bond acceptors (Lipinski definition) is 2. The van der Waals surface area contributed by atoms with Crippen LogP contribution in [0.3, 0.4) is 0 Å². The molecular weight excluding hydrogens is 365 g/mol. The number of nitrogens with one attached hydrogen (secondary N) is 1. The van der Waals surface area contributed by atoms with Gasteiger partial charge < -0.3 is 5.32 Å². The zero-order valence-corrected chi connectivity index (χ0v) is 13.2. The van der Waals surface area contributed by atoms with Gasteiger partial charge in [-0.1, -0.05) is 18.5 Å². The Kier molecular flexibility index (Phi) is 4.70. The van der Waals surface area contributed by atoms with Gasteiger partial charge in [-0.05, 0) is 59.3 Å². The summed E-state index contributed by atoms with van der Waals surface area (Å²) in [5.41, 5.74) is 1.14. The Hall–Kier alpha value is -0.260. The van der Waals surface area contributed by atoms with E-state index in [1.165, 1.54) is 9.75 Å². The van der Waals surface area contributed by atoms with Crippen molar-refractivity contribution in [2.24, 2.45) is 0 Å². The third-order valence-electron chi connectivity index (χ3n) is 2.45. The van der Waals surface area contributed by atoms with E-state index in [1.54, 1.807) is 0 Å². The van der Waals surface area contributed by atoms with Crippen LogP contribution in [0.15, 0.2) is 30.3 Å². The fourth-order valence-corrected chi connectivity index (χ4v) is 3.48. The zero-order valence-electron chi connectivity index (χ0n) is 9.47. The van der Waals surface area contributed by atoms with Crippen LogP contribution in [0, 0.1) is 3.57 Å². The molecule has 1 nitrogen and oxygen atoms in total. The van der Waals surface area contributed by atoms with Gasteiger partial charge in [0.05, 0.1) is 0 Å². The van der Waals surface area contributed by atoms with Gasteiger partial charge in [0, 0.05) is 30.6 Å². The van der Waals surface area contributed by atoms with Crippen LogP contribution in [-0.4, -0.2) is 0 Å². The number of anilines is 1. The topological polar surface area (TPSA) is 12.0 Å². The molecule has 0 saturated carbocycles. The van der Waals surface area contributed by atoms with E-state index in [0.717, 1.165) is 27.2 Å². The van der Waals surface area contributed by atoms with Crippen molar-refractivity contribution in [1.82, 2.24) is 0 Å². The third-order valence-corrected chi connectivity index (χ3v) is 4.81. The van der Waals surface area contributed by atoms with Gasteiger partial charge in [-0.25, -0.2) is 0 Å². The van der Waals surface area contributed by atoms with Crippen molar-refractivity contribution in [1.29, 1.82) is 0 Å². The van der Waals surface area contributed by atoms with E-state index >= 15 is 0 Å². The average Bonchev–Trinajstić information content (AvgIpc) is 2.76. The molecule has 1 aromatic carbocycles. The molecule has 1 N–H and O–H groups in total. The van der Waals surface area contributed by atoms with Gasteiger partial charge in [-0.3, -0.25) is 0 Å². The molecule has 0 aliphatic rings. The normalized spacial score (nSPS) is 10.5. The van der Waals surface area contributed by atoms with Crippen LogP contribution < -0.4 is 5.32 Å². The van der Waals surface area contributed by atoms with Crippen molar-refractivity contribution in [3.05, 3.63) is 48.7 Å². The van der Waals surface area contributed by atoms with Gasteiger partial charge in [0.2, 0.25) is 0 Å². The minimum absolute atomic E-state index is 0.782. The van der Waals surface area contributed by atoms with Crippen LogP contribution >= 0.6 is 45.5 Å². The monoisotopic (exact) mass is 377 g/mol. The average molecular weight is 378 g/mol.